The van der Waals surface area contributed by atoms with E-state index in [2.05, 4.69) is 15.0 Å². The molecule has 0 aromatic heterocycles. The molecule has 9 heteroatoms. The Bertz CT molecular complexity index is 644. The minimum atomic E-state index is -2.89. The first-order valence-electron chi connectivity index (χ1n) is 10.3. The Balaban J connectivity index is 0.00000450. The zero-order valence-electron chi connectivity index (χ0n) is 18.0. The van der Waals surface area contributed by atoms with Crippen molar-refractivity contribution >= 4 is 29.9 Å². The third-order valence-electron chi connectivity index (χ3n) is 4.85. The molecule has 1 fully saturated rings. The second-order valence-electron chi connectivity index (χ2n) is 7.03. The maximum Gasteiger partial charge on any atom is 0.387 e. The zero-order chi connectivity index (χ0) is 21.1. The van der Waals surface area contributed by atoms with Gasteiger partial charge in [0, 0.05) is 33.4 Å². The van der Waals surface area contributed by atoms with Crippen molar-refractivity contribution in [1.29, 1.82) is 0 Å². The summed E-state index contributed by atoms with van der Waals surface area (Å²) in [5.41, 5.74) is 0.864. The fraction of sp³-hybridized carbons (Fsp3) is 0.667. The van der Waals surface area contributed by atoms with Gasteiger partial charge in [-0.25, -0.2) is 4.99 Å². The third-order valence-corrected chi connectivity index (χ3v) is 4.85. The summed E-state index contributed by atoms with van der Waals surface area (Å²) in [6.07, 6.45) is 3.35. The van der Waals surface area contributed by atoms with Crippen LogP contribution in [0.25, 0.3) is 0 Å². The molecule has 1 N–H and O–H groups in total. The Morgan fingerprint density at radius 2 is 2.00 bits per heavy atom. The standard InChI is InChI=1S/C21H33F2N3O3.HI/c1-4-24-21(26(3)11-8-16-9-12-27-13-10-16)25-15-17-6-7-18(29-20(22)23)19(14-17)28-5-2;/h6-7,14,16,20H,4-5,8-13,15H2,1-3H3,(H,24,25);1H. The van der Waals surface area contributed by atoms with E-state index in [9.17, 15) is 8.78 Å². The van der Waals surface area contributed by atoms with E-state index in [0.717, 1.165) is 57.1 Å². The summed E-state index contributed by atoms with van der Waals surface area (Å²) < 4.78 is 40.5. The average molecular weight is 541 g/mol. The van der Waals surface area contributed by atoms with Gasteiger partial charge in [-0.15, -0.1) is 24.0 Å². The van der Waals surface area contributed by atoms with Crippen LogP contribution < -0.4 is 14.8 Å². The normalized spacial score (nSPS) is 14.9. The van der Waals surface area contributed by atoms with Crippen molar-refractivity contribution in [3.63, 3.8) is 0 Å². The molecule has 0 amide bonds. The molecular weight excluding hydrogens is 507 g/mol. The summed E-state index contributed by atoms with van der Waals surface area (Å²) >= 11 is 0. The van der Waals surface area contributed by atoms with Crippen LogP contribution in [0, 0.1) is 5.92 Å². The van der Waals surface area contributed by atoms with Gasteiger partial charge in [0.05, 0.1) is 13.2 Å². The molecule has 0 radical (unpaired) electrons. The number of aliphatic imine (C=N–C) groups is 1. The van der Waals surface area contributed by atoms with Gasteiger partial charge in [-0.1, -0.05) is 6.07 Å². The summed E-state index contributed by atoms with van der Waals surface area (Å²) in [6, 6.07) is 4.94. The Morgan fingerprint density at radius 3 is 2.63 bits per heavy atom. The first-order chi connectivity index (χ1) is 14.0. The molecule has 0 spiro atoms. The van der Waals surface area contributed by atoms with Crippen LogP contribution in [0.3, 0.4) is 0 Å². The van der Waals surface area contributed by atoms with Gasteiger partial charge in [-0.3, -0.25) is 0 Å². The second kappa shape index (κ2) is 14.6. The summed E-state index contributed by atoms with van der Waals surface area (Å²) in [6.45, 7) is 5.13. The molecular formula is C21H34F2IN3O3. The molecule has 1 aromatic carbocycles. The van der Waals surface area contributed by atoms with Crippen molar-refractivity contribution in [2.24, 2.45) is 10.9 Å². The smallest absolute Gasteiger partial charge is 0.387 e. The van der Waals surface area contributed by atoms with Crippen LogP contribution in [0.1, 0.15) is 38.7 Å². The summed E-state index contributed by atoms with van der Waals surface area (Å²) in [4.78, 5) is 6.84. The highest BCUT2D eigenvalue weighted by molar-refractivity contribution is 14.0. The molecule has 0 bridgehead atoms. The lowest BCUT2D eigenvalue weighted by Gasteiger charge is -2.27. The third kappa shape index (κ3) is 9.20. The Labute approximate surface area is 195 Å². The molecule has 1 aliphatic heterocycles. The van der Waals surface area contributed by atoms with Gasteiger partial charge in [-0.2, -0.15) is 8.78 Å². The van der Waals surface area contributed by atoms with Crippen LogP contribution in [-0.4, -0.2) is 57.4 Å². The fourth-order valence-electron chi connectivity index (χ4n) is 3.27. The highest BCUT2D eigenvalue weighted by Gasteiger charge is 2.16. The number of ether oxygens (including phenoxy) is 3. The van der Waals surface area contributed by atoms with E-state index in [1.807, 2.05) is 14.0 Å². The molecule has 1 aromatic rings. The van der Waals surface area contributed by atoms with Crippen molar-refractivity contribution in [3.8, 4) is 11.5 Å². The van der Waals surface area contributed by atoms with Crippen molar-refractivity contribution in [2.45, 2.75) is 46.3 Å². The van der Waals surface area contributed by atoms with Crippen LogP contribution in [0.5, 0.6) is 11.5 Å². The van der Waals surface area contributed by atoms with E-state index >= 15 is 0 Å². The predicted octanol–water partition coefficient (Wildman–Crippen LogP) is 4.52. The van der Waals surface area contributed by atoms with E-state index in [-0.39, 0.29) is 29.7 Å². The molecule has 0 aliphatic carbocycles. The average Bonchev–Trinajstić information content (AvgIpc) is 2.71. The number of nitrogens with one attached hydrogen (secondary N) is 1. The fourth-order valence-corrected chi connectivity index (χ4v) is 3.27. The van der Waals surface area contributed by atoms with Gasteiger partial charge in [-0.05, 0) is 56.7 Å². The number of rotatable bonds is 10. The lowest BCUT2D eigenvalue weighted by molar-refractivity contribution is -0.0514. The number of nitrogens with zero attached hydrogens (tertiary/aromatic N) is 2. The van der Waals surface area contributed by atoms with Crippen LogP contribution in [0.15, 0.2) is 23.2 Å². The number of hydrogen-bond acceptors (Lipinski definition) is 4. The SMILES string of the molecule is CCNC(=NCc1ccc(OC(F)F)c(OCC)c1)N(C)CCC1CCOCC1.I. The monoisotopic (exact) mass is 541 g/mol. The maximum atomic E-state index is 12.6. The quantitative estimate of drug-likeness (QED) is 0.268. The van der Waals surface area contributed by atoms with Crippen molar-refractivity contribution in [2.75, 3.05) is 40.0 Å². The lowest BCUT2D eigenvalue weighted by Crippen LogP contribution is -2.40. The van der Waals surface area contributed by atoms with Gasteiger partial charge < -0.3 is 24.4 Å². The predicted molar refractivity (Wildman–Crippen MR) is 125 cm³/mol. The minimum Gasteiger partial charge on any atom is -0.490 e. The minimum absolute atomic E-state index is 0. The molecule has 1 heterocycles. The van der Waals surface area contributed by atoms with Gasteiger partial charge in [0.1, 0.15) is 0 Å². The van der Waals surface area contributed by atoms with Crippen molar-refractivity contribution < 1.29 is 23.0 Å². The largest absolute Gasteiger partial charge is 0.490 e. The van der Waals surface area contributed by atoms with E-state index < -0.39 is 6.61 Å². The summed E-state index contributed by atoms with van der Waals surface area (Å²) in [5.74, 6) is 1.86. The van der Waals surface area contributed by atoms with Crippen molar-refractivity contribution in [3.05, 3.63) is 23.8 Å². The van der Waals surface area contributed by atoms with Crippen LogP contribution in [0.4, 0.5) is 8.78 Å². The van der Waals surface area contributed by atoms with E-state index in [1.54, 1.807) is 19.1 Å². The number of benzene rings is 1. The molecule has 30 heavy (non-hydrogen) atoms. The maximum absolute atomic E-state index is 12.6. The molecule has 0 saturated carbocycles. The van der Waals surface area contributed by atoms with Gasteiger partial charge in [0.25, 0.3) is 0 Å². The van der Waals surface area contributed by atoms with E-state index in [4.69, 9.17) is 14.5 Å². The first kappa shape index (κ1) is 26.7. The number of alkyl halides is 2. The van der Waals surface area contributed by atoms with Gasteiger partial charge in [0.15, 0.2) is 17.5 Å². The summed E-state index contributed by atoms with van der Waals surface area (Å²) in [5, 5.41) is 3.31. The Kier molecular flexibility index (Phi) is 13.0. The zero-order valence-corrected chi connectivity index (χ0v) is 20.4. The van der Waals surface area contributed by atoms with E-state index in [1.165, 1.54) is 6.07 Å². The summed E-state index contributed by atoms with van der Waals surface area (Å²) in [7, 11) is 2.03. The van der Waals surface area contributed by atoms with Crippen LogP contribution in [-0.2, 0) is 11.3 Å². The first-order valence-corrected chi connectivity index (χ1v) is 10.3. The van der Waals surface area contributed by atoms with Crippen molar-refractivity contribution in [1.82, 2.24) is 10.2 Å². The molecule has 1 saturated heterocycles. The number of guanidine groups is 1. The molecule has 0 unspecified atom stereocenters. The van der Waals surface area contributed by atoms with E-state index in [0.29, 0.717) is 24.8 Å². The Morgan fingerprint density at radius 1 is 1.27 bits per heavy atom. The van der Waals surface area contributed by atoms with Crippen LogP contribution >= 0.6 is 24.0 Å². The highest BCUT2D eigenvalue weighted by atomic mass is 127. The molecule has 0 atom stereocenters. The molecule has 172 valence electrons. The highest BCUT2D eigenvalue weighted by Crippen LogP contribution is 2.30. The van der Waals surface area contributed by atoms with Crippen LogP contribution in [0.2, 0.25) is 0 Å². The van der Waals surface area contributed by atoms with Gasteiger partial charge in [0.2, 0.25) is 0 Å². The lowest BCUT2D eigenvalue weighted by atomic mass is 9.96. The number of hydrogen-bond donors (Lipinski definition) is 1. The second-order valence-corrected chi connectivity index (χ2v) is 7.03. The molecule has 6 nitrogen and oxygen atoms in total. The molecule has 2 rings (SSSR count). The molecule has 1 aliphatic rings. The number of halogens is 3. The van der Waals surface area contributed by atoms with Gasteiger partial charge >= 0.3 is 6.61 Å². The topological polar surface area (TPSA) is 55.3 Å². The Hall–Kier alpha value is -1.36.